The van der Waals surface area contributed by atoms with E-state index in [-0.39, 0.29) is 11.3 Å². The molecule has 0 aromatic heterocycles. The van der Waals surface area contributed by atoms with Gasteiger partial charge in [0, 0.05) is 12.1 Å². The third-order valence-corrected chi connectivity index (χ3v) is 3.82. The van der Waals surface area contributed by atoms with E-state index in [1.165, 1.54) is 25.0 Å². The van der Waals surface area contributed by atoms with Crippen LogP contribution in [-0.4, -0.2) is 12.1 Å². The summed E-state index contributed by atoms with van der Waals surface area (Å²) in [6, 6.07) is 2.71. The minimum Gasteiger partial charge on any atom is -0.487 e. The van der Waals surface area contributed by atoms with Crippen LogP contribution < -0.4 is 10.1 Å². The molecule has 2 nitrogen and oxygen atoms in total. The van der Waals surface area contributed by atoms with E-state index in [1.807, 2.05) is 20.8 Å². The maximum absolute atomic E-state index is 14.0. The molecule has 1 aliphatic rings. The molecule has 118 valence electrons. The molecule has 0 spiro atoms. The normalized spacial score (nSPS) is 16.4. The van der Waals surface area contributed by atoms with E-state index in [0.29, 0.717) is 24.6 Å². The van der Waals surface area contributed by atoms with Crippen molar-refractivity contribution in [2.75, 3.05) is 6.61 Å². The smallest absolute Gasteiger partial charge is 0.190 e. The molecular weight excluding hydrogens is 272 g/mol. The maximum atomic E-state index is 14.0. The molecule has 1 aromatic rings. The predicted molar refractivity (Wildman–Crippen MR) is 80.4 cm³/mol. The fourth-order valence-electron chi connectivity index (χ4n) is 2.60. The van der Waals surface area contributed by atoms with E-state index in [2.05, 4.69) is 5.32 Å². The number of nitrogens with one attached hydrogen (secondary N) is 1. The fourth-order valence-corrected chi connectivity index (χ4v) is 2.60. The fraction of sp³-hybridized carbons (Fsp3) is 0.647. The molecule has 1 fully saturated rings. The molecule has 0 radical (unpaired) electrons. The molecule has 0 saturated heterocycles. The van der Waals surface area contributed by atoms with Gasteiger partial charge in [-0.15, -0.1) is 0 Å². The molecule has 1 saturated carbocycles. The van der Waals surface area contributed by atoms with Gasteiger partial charge in [0.25, 0.3) is 0 Å². The molecule has 0 atom stereocenters. The SMILES string of the molecule is CC(C)(C)NCc1cc(F)c(OCC2CCCC2)c(F)c1. The predicted octanol–water partition coefficient (Wildman–Crippen LogP) is 4.42. The molecule has 2 rings (SSSR count). The van der Waals surface area contributed by atoms with Crippen LogP contribution in [0.4, 0.5) is 8.78 Å². The van der Waals surface area contributed by atoms with Crippen LogP contribution in [-0.2, 0) is 6.54 Å². The highest BCUT2D eigenvalue weighted by molar-refractivity contribution is 5.31. The second kappa shape index (κ2) is 6.73. The van der Waals surface area contributed by atoms with Crippen LogP contribution in [0.3, 0.4) is 0 Å². The van der Waals surface area contributed by atoms with Gasteiger partial charge in [0.2, 0.25) is 0 Å². The van der Waals surface area contributed by atoms with Crippen molar-refractivity contribution in [3.8, 4) is 5.75 Å². The van der Waals surface area contributed by atoms with Gasteiger partial charge < -0.3 is 10.1 Å². The lowest BCUT2D eigenvalue weighted by molar-refractivity contribution is 0.231. The summed E-state index contributed by atoms with van der Waals surface area (Å²) in [6.07, 6.45) is 4.57. The third kappa shape index (κ3) is 4.95. The summed E-state index contributed by atoms with van der Waals surface area (Å²) < 4.78 is 33.4. The molecule has 0 amide bonds. The van der Waals surface area contributed by atoms with Gasteiger partial charge in [0.15, 0.2) is 17.4 Å². The molecule has 0 aliphatic heterocycles. The summed E-state index contributed by atoms with van der Waals surface area (Å²) in [7, 11) is 0. The van der Waals surface area contributed by atoms with Crippen LogP contribution >= 0.6 is 0 Å². The molecular formula is C17H25F2NO. The first-order chi connectivity index (χ1) is 9.85. The van der Waals surface area contributed by atoms with Crippen molar-refractivity contribution in [3.05, 3.63) is 29.3 Å². The zero-order valence-electron chi connectivity index (χ0n) is 13.1. The molecule has 0 bridgehead atoms. The Labute approximate surface area is 125 Å². The summed E-state index contributed by atoms with van der Waals surface area (Å²) in [4.78, 5) is 0. The lowest BCUT2D eigenvalue weighted by Gasteiger charge is -2.21. The Balaban J connectivity index is 1.99. The van der Waals surface area contributed by atoms with Crippen molar-refractivity contribution in [3.63, 3.8) is 0 Å². The zero-order chi connectivity index (χ0) is 15.5. The quantitative estimate of drug-likeness (QED) is 0.868. The van der Waals surface area contributed by atoms with Gasteiger partial charge in [-0.3, -0.25) is 0 Å². The highest BCUT2D eigenvalue weighted by Crippen LogP contribution is 2.28. The van der Waals surface area contributed by atoms with E-state index in [1.54, 1.807) is 0 Å². The van der Waals surface area contributed by atoms with Gasteiger partial charge in [-0.25, -0.2) is 8.78 Å². The van der Waals surface area contributed by atoms with Crippen molar-refractivity contribution in [2.45, 2.75) is 58.5 Å². The zero-order valence-corrected chi connectivity index (χ0v) is 13.1. The number of rotatable bonds is 5. The van der Waals surface area contributed by atoms with Crippen molar-refractivity contribution in [1.29, 1.82) is 0 Å². The monoisotopic (exact) mass is 297 g/mol. The van der Waals surface area contributed by atoms with Crippen molar-refractivity contribution in [2.24, 2.45) is 5.92 Å². The van der Waals surface area contributed by atoms with Crippen LogP contribution in [0.1, 0.15) is 52.0 Å². The van der Waals surface area contributed by atoms with Gasteiger partial charge in [0.05, 0.1) is 6.61 Å². The third-order valence-electron chi connectivity index (χ3n) is 3.82. The summed E-state index contributed by atoms with van der Waals surface area (Å²) >= 11 is 0. The van der Waals surface area contributed by atoms with E-state index in [9.17, 15) is 8.78 Å². The summed E-state index contributed by atoms with van der Waals surface area (Å²) in [5.74, 6) is -1.02. The van der Waals surface area contributed by atoms with E-state index in [4.69, 9.17) is 4.74 Å². The highest BCUT2D eigenvalue weighted by Gasteiger charge is 2.19. The first-order valence-corrected chi connectivity index (χ1v) is 7.71. The van der Waals surface area contributed by atoms with Gasteiger partial charge >= 0.3 is 0 Å². The van der Waals surface area contributed by atoms with Crippen molar-refractivity contribution in [1.82, 2.24) is 5.32 Å². The Hall–Kier alpha value is -1.16. The average Bonchev–Trinajstić information content (AvgIpc) is 2.87. The minimum absolute atomic E-state index is 0.0927. The number of benzene rings is 1. The van der Waals surface area contributed by atoms with Gasteiger partial charge in [0.1, 0.15) is 0 Å². The van der Waals surface area contributed by atoms with E-state index < -0.39 is 11.6 Å². The number of halogens is 2. The van der Waals surface area contributed by atoms with Crippen LogP contribution in [0, 0.1) is 17.6 Å². The Morgan fingerprint density at radius 1 is 1.14 bits per heavy atom. The van der Waals surface area contributed by atoms with Gasteiger partial charge in [-0.05, 0) is 57.2 Å². The van der Waals surface area contributed by atoms with Gasteiger partial charge in [-0.1, -0.05) is 12.8 Å². The molecule has 0 unspecified atom stereocenters. The van der Waals surface area contributed by atoms with Crippen molar-refractivity contribution < 1.29 is 13.5 Å². The van der Waals surface area contributed by atoms with Crippen LogP contribution in [0.25, 0.3) is 0 Å². The van der Waals surface area contributed by atoms with Crippen LogP contribution in [0.5, 0.6) is 5.75 Å². The average molecular weight is 297 g/mol. The van der Waals surface area contributed by atoms with Crippen LogP contribution in [0.15, 0.2) is 12.1 Å². The van der Waals surface area contributed by atoms with E-state index in [0.717, 1.165) is 12.8 Å². The minimum atomic E-state index is -0.612. The Bertz CT molecular complexity index is 453. The summed E-state index contributed by atoms with van der Waals surface area (Å²) in [5, 5.41) is 3.21. The first-order valence-electron chi connectivity index (χ1n) is 7.71. The maximum Gasteiger partial charge on any atom is 0.190 e. The number of hydrogen-bond donors (Lipinski definition) is 1. The number of hydrogen-bond acceptors (Lipinski definition) is 2. The summed E-state index contributed by atoms with van der Waals surface area (Å²) in [6.45, 7) is 6.88. The Morgan fingerprint density at radius 2 is 1.71 bits per heavy atom. The summed E-state index contributed by atoms with van der Waals surface area (Å²) in [5.41, 5.74) is 0.498. The standard InChI is InChI=1S/C17H25F2NO/c1-17(2,3)20-10-13-8-14(18)16(15(19)9-13)21-11-12-6-4-5-7-12/h8-9,12,20H,4-7,10-11H2,1-3H3. The highest BCUT2D eigenvalue weighted by atomic mass is 19.1. The molecule has 4 heteroatoms. The second-order valence-corrected chi connectivity index (χ2v) is 6.95. The second-order valence-electron chi connectivity index (χ2n) is 6.95. The lowest BCUT2D eigenvalue weighted by Crippen LogP contribution is -2.35. The van der Waals surface area contributed by atoms with Crippen molar-refractivity contribution >= 4 is 0 Å². The molecule has 1 aromatic carbocycles. The Morgan fingerprint density at radius 3 is 2.24 bits per heavy atom. The number of ether oxygens (including phenoxy) is 1. The largest absolute Gasteiger partial charge is 0.487 e. The first kappa shape index (κ1) is 16.2. The van der Waals surface area contributed by atoms with E-state index >= 15 is 0 Å². The molecule has 1 N–H and O–H groups in total. The molecule has 0 heterocycles. The molecule has 1 aliphatic carbocycles. The molecule has 21 heavy (non-hydrogen) atoms. The topological polar surface area (TPSA) is 21.3 Å². The lowest BCUT2D eigenvalue weighted by atomic mass is 10.1. The van der Waals surface area contributed by atoms with Crippen LogP contribution in [0.2, 0.25) is 0 Å². The Kier molecular flexibility index (Phi) is 5.20. The van der Waals surface area contributed by atoms with Gasteiger partial charge in [-0.2, -0.15) is 0 Å².